The topological polar surface area (TPSA) is 12.0 Å². The summed E-state index contributed by atoms with van der Waals surface area (Å²) in [5.41, 5.74) is 1.57. The third-order valence-electron chi connectivity index (χ3n) is 3.70. The van der Waals surface area contributed by atoms with Crippen LogP contribution in [-0.2, 0) is 6.42 Å². The van der Waals surface area contributed by atoms with Gasteiger partial charge in [0.2, 0.25) is 0 Å². The normalized spacial score (nSPS) is 28.3. The van der Waals surface area contributed by atoms with E-state index in [4.69, 9.17) is 0 Å². The first-order valence-electron chi connectivity index (χ1n) is 6.46. The van der Waals surface area contributed by atoms with E-state index >= 15 is 0 Å². The number of fused-ring (bicyclic) bond motifs is 1. The Bertz CT molecular complexity index is 385. The molecule has 0 bridgehead atoms. The van der Waals surface area contributed by atoms with Crippen molar-refractivity contribution in [2.45, 2.75) is 43.4 Å². The van der Waals surface area contributed by atoms with Crippen LogP contribution in [0.1, 0.15) is 42.2 Å². The molecule has 0 amide bonds. The second-order valence-electron chi connectivity index (χ2n) is 4.92. The first-order valence-corrected chi connectivity index (χ1v) is 9.12. The number of aryl methyl sites for hydroxylation is 1. The number of thioether (sulfide) groups is 1. The molecule has 2 unspecified atom stereocenters. The summed E-state index contributed by atoms with van der Waals surface area (Å²) in [6.45, 7) is 1.20. The Morgan fingerprint density at radius 1 is 1.35 bits per heavy atom. The Hall–Kier alpha value is 0.490. The lowest BCUT2D eigenvalue weighted by Gasteiger charge is -2.25. The van der Waals surface area contributed by atoms with Gasteiger partial charge < -0.3 is 5.32 Å². The molecule has 2 aliphatic rings. The average Bonchev–Trinajstić information content (AvgIpc) is 2.93. The summed E-state index contributed by atoms with van der Waals surface area (Å²) in [6.07, 6.45) is 6.76. The van der Waals surface area contributed by atoms with E-state index < -0.39 is 0 Å². The predicted octanol–water partition coefficient (Wildman–Crippen LogP) is 4.37. The third kappa shape index (κ3) is 2.91. The summed E-state index contributed by atoms with van der Waals surface area (Å²) in [7, 11) is 0. The number of thiophene rings is 1. The van der Waals surface area contributed by atoms with Crippen LogP contribution in [0.3, 0.4) is 0 Å². The maximum atomic E-state index is 3.80. The highest BCUT2D eigenvalue weighted by atomic mass is 79.9. The summed E-state index contributed by atoms with van der Waals surface area (Å²) < 4.78 is 1.30. The molecule has 2 atom stereocenters. The molecule has 94 valence electrons. The van der Waals surface area contributed by atoms with Gasteiger partial charge in [-0.05, 0) is 65.4 Å². The van der Waals surface area contributed by atoms with Gasteiger partial charge in [-0.1, -0.05) is 0 Å². The standard InChI is InChI=1S/C13H18BrNS2/c14-13-7-10-11(4-1-5-12(10)17-13)15-8-9-3-2-6-16-9/h7,9,11,15H,1-6,8H2. The molecule has 1 fully saturated rings. The van der Waals surface area contributed by atoms with E-state index in [9.17, 15) is 0 Å². The highest BCUT2D eigenvalue weighted by molar-refractivity contribution is 9.11. The van der Waals surface area contributed by atoms with Gasteiger partial charge in [0, 0.05) is 22.7 Å². The van der Waals surface area contributed by atoms with Crippen LogP contribution in [0.25, 0.3) is 0 Å². The van der Waals surface area contributed by atoms with Crippen LogP contribution in [0.4, 0.5) is 0 Å². The minimum atomic E-state index is 0.613. The number of nitrogens with one attached hydrogen (secondary N) is 1. The van der Waals surface area contributed by atoms with Crippen LogP contribution >= 0.6 is 39.0 Å². The number of rotatable bonds is 3. The van der Waals surface area contributed by atoms with Crippen molar-refractivity contribution in [2.75, 3.05) is 12.3 Å². The maximum absolute atomic E-state index is 3.80. The van der Waals surface area contributed by atoms with Gasteiger partial charge in [-0.2, -0.15) is 11.8 Å². The molecule has 3 rings (SSSR count). The predicted molar refractivity (Wildman–Crippen MR) is 81.2 cm³/mol. The van der Waals surface area contributed by atoms with Gasteiger partial charge in [0.25, 0.3) is 0 Å². The Balaban J connectivity index is 1.63. The lowest BCUT2D eigenvalue weighted by Crippen LogP contribution is -2.29. The molecule has 1 aromatic heterocycles. The van der Waals surface area contributed by atoms with Gasteiger partial charge in [0.05, 0.1) is 3.79 Å². The quantitative estimate of drug-likeness (QED) is 0.882. The van der Waals surface area contributed by atoms with Gasteiger partial charge >= 0.3 is 0 Å². The highest BCUT2D eigenvalue weighted by Crippen LogP contribution is 2.38. The largest absolute Gasteiger partial charge is 0.309 e. The molecule has 2 heterocycles. The molecular formula is C13H18BrNS2. The van der Waals surface area contributed by atoms with E-state index in [2.05, 4.69) is 39.1 Å². The zero-order valence-electron chi connectivity index (χ0n) is 9.88. The van der Waals surface area contributed by atoms with Crippen molar-refractivity contribution in [1.82, 2.24) is 5.32 Å². The van der Waals surface area contributed by atoms with Crippen molar-refractivity contribution in [3.63, 3.8) is 0 Å². The van der Waals surface area contributed by atoms with Crippen LogP contribution in [0.15, 0.2) is 9.85 Å². The number of halogens is 1. The molecule has 4 heteroatoms. The monoisotopic (exact) mass is 331 g/mol. The molecular weight excluding hydrogens is 314 g/mol. The van der Waals surface area contributed by atoms with E-state index in [1.165, 1.54) is 48.2 Å². The fraction of sp³-hybridized carbons (Fsp3) is 0.692. The van der Waals surface area contributed by atoms with E-state index in [1.54, 1.807) is 10.4 Å². The average molecular weight is 332 g/mol. The van der Waals surface area contributed by atoms with E-state index in [0.29, 0.717) is 6.04 Å². The van der Waals surface area contributed by atoms with Gasteiger partial charge in [0.15, 0.2) is 0 Å². The van der Waals surface area contributed by atoms with Crippen molar-refractivity contribution in [3.05, 3.63) is 20.3 Å². The van der Waals surface area contributed by atoms with Crippen LogP contribution in [-0.4, -0.2) is 17.5 Å². The SMILES string of the molecule is Brc1cc2c(s1)CCCC2NCC1CCCS1. The summed E-state index contributed by atoms with van der Waals surface area (Å²) >= 11 is 7.70. The summed E-state index contributed by atoms with van der Waals surface area (Å²) in [4.78, 5) is 1.60. The van der Waals surface area contributed by atoms with Crippen LogP contribution < -0.4 is 5.32 Å². The first kappa shape index (κ1) is 12.5. The molecule has 0 spiro atoms. The molecule has 1 aliphatic heterocycles. The summed E-state index contributed by atoms with van der Waals surface area (Å²) in [6, 6.07) is 2.95. The minimum absolute atomic E-state index is 0.613. The molecule has 0 radical (unpaired) electrons. The fourth-order valence-electron chi connectivity index (χ4n) is 2.81. The Morgan fingerprint density at radius 2 is 2.29 bits per heavy atom. The highest BCUT2D eigenvalue weighted by Gasteiger charge is 2.24. The molecule has 0 aromatic carbocycles. The molecule has 0 saturated carbocycles. The van der Waals surface area contributed by atoms with Crippen LogP contribution in [0.2, 0.25) is 0 Å². The molecule has 1 N–H and O–H groups in total. The van der Waals surface area contributed by atoms with Crippen molar-refractivity contribution in [1.29, 1.82) is 0 Å². The fourth-order valence-corrected chi connectivity index (χ4v) is 5.85. The summed E-state index contributed by atoms with van der Waals surface area (Å²) in [5, 5.41) is 4.66. The first-order chi connectivity index (χ1) is 8.33. The third-order valence-corrected chi connectivity index (χ3v) is 6.81. The van der Waals surface area contributed by atoms with E-state index in [0.717, 1.165) is 5.25 Å². The Labute approximate surface area is 120 Å². The summed E-state index contributed by atoms with van der Waals surface area (Å²) in [5.74, 6) is 1.37. The minimum Gasteiger partial charge on any atom is -0.309 e. The zero-order chi connectivity index (χ0) is 11.7. The molecule has 1 aliphatic carbocycles. The number of hydrogen-bond acceptors (Lipinski definition) is 3. The van der Waals surface area contributed by atoms with Crippen molar-refractivity contribution >= 4 is 39.0 Å². The Morgan fingerprint density at radius 3 is 3.12 bits per heavy atom. The van der Waals surface area contributed by atoms with Crippen molar-refractivity contribution in [2.24, 2.45) is 0 Å². The molecule has 1 nitrogen and oxygen atoms in total. The van der Waals surface area contributed by atoms with Crippen LogP contribution in [0, 0.1) is 0 Å². The van der Waals surface area contributed by atoms with Crippen molar-refractivity contribution < 1.29 is 0 Å². The second kappa shape index (κ2) is 5.64. The van der Waals surface area contributed by atoms with Crippen LogP contribution in [0.5, 0.6) is 0 Å². The van der Waals surface area contributed by atoms with Gasteiger partial charge in [-0.15, -0.1) is 11.3 Å². The Kier molecular flexibility index (Phi) is 4.15. The van der Waals surface area contributed by atoms with Gasteiger partial charge in [-0.25, -0.2) is 0 Å². The van der Waals surface area contributed by atoms with Crippen molar-refractivity contribution in [3.8, 4) is 0 Å². The maximum Gasteiger partial charge on any atom is 0.0704 e. The smallest absolute Gasteiger partial charge is 0.0704 e. The van der Waals surface area contributed by atoms with E-state index in [-0.39, 0.29) is 0 Å². The van der Waals surface area contributed by atoms with Gasteiger partial charge in [-0.3, -0.25) is 0 Å². The molecule has 1 aromatic rings. The number of hydrogen-bond donors (Lipinski definition) is 1. The lowest BCUT2D eigenvalue weighted by atomic mass is 9.94. The molecule has 17 heavy (non-hydrogen) atoms. The van der Waals surface area contributed by atoms with Gasteiger partial charge in [0.1, 0.15) is 0 Å². The lowest BCUT2D eigenvalue weighted by molar-refractivity contribution is 0.461. The molecule has 1 saturated heterocycles. The zero-order valence-corrected chi connectivity index (χ0v) is 13.1. The van der Waals surface area contributed by atoms with E-state index in [1.807, 2.05) is 11.3 Å². The second-order valence-corrected chi connectivity index (χ2v) is 8.84.